The van der Waals surface area contributed by atoms with E-state index in [4.69, 9.17) is 28.4 Å². The van der Waals surface area contributed by atoms with Crippen molar-refractivity contribution in [3.8, 4) is 34.5 Å². The van der Waals surface area contributed by atoms with Crippen molar-refractivity contribution in [2.75, 3.05) is 35.2 Å². The van der Waals surface area contributed by atoms with E-state index in [1.54, 1.807) is 55.6 Å². The van der Waals surface area contributed by atoms with Crippen LogP contribution in [0.3, 0.4) is 0 Å². The van der Waals surface area contributed by atoms with Crippen LogP contribution in [-0.2, 0) is 11.2 Å². The number of carboxylic acids is 1. The Kier molecular flexibility index (Phi) is 7.76. The molecule has 1 aliphatic heterocycles. The monoisotopic (exact) mass is 520 g/mol. The first-order chi connectivity index (χ1) is 18.3. The van der Waals surface area contributed by atoms with Gasteiger partial charge in [0.2, 0.25) is 12.5 Å². The van der Waals surface area contributed by atoms with Gasteiger partial charge >= 0.3 is 5.97 Å². The Hall–Kier alpha value is -4.66. The number of rotatable bonds is 10. The molecule has 1 N–H and O–H groups in total. The minimum atomic E-state index is -1.26. The molecule has 0 bridgehead atoms. The van der Waals surface area contributed by atoms with E-state index in [0.29, 0.717) is 51.2 Å². The zero-order valence-electron chi connectivity index (χ0n) is 21.7. The summed E-state index contributed by atoms with van der Waals surface area (Å²) in [5.41, 5.74) is 1.87. The molecule has 0 spiro atoms. The van der Waals surface area contributed by atoms with Gasteiger partial charge in [-0.3, -0.25) is 4.79 Å². The van der Waals surface area contributed by atoms with Crippen LogP contribution in [0, 0.1) is 6.92 Å². The van der Waals surface area contributed by atoms with Crippen molar-refractivity contribution in [3.05, 3.63) is 76.4 Å². The molecular weight excluding hydrogens is 492 g/mol. The molecule has 4 rings (SSSR count). The highest BCUT2D eigenvalue weighted by atomic mass is 16.7. The van der Waals surface area contributed by atoms with Gasteiger partial charge in [-0.25, -0.2) is 4.79 Å². The van der Waals surface area contributed by atoms with Crippen LogP contribution in [0.2, 0.25) is 0 Å². The predicted molar refractivity (Wildman–Crippen MR) is 139 cm³/mol. The van der Waals surface area contributed by atoms with Crippen molar-refractivity contribution in [1.82, 2.24) is 0 Å². The van der Waals surface area contributed by atoms with Crippen LogP contribution in [0.15, 0.2) is 54.1 Å². The van der Waals surface area contributed by atoms with E-state index in [1.165, 1.54) is 21.3 Å². The average molecular weight is 521 g/mol. The number of aliphatic carboxylic acids is 1. The van der Waals surface area contributed by atoms with Crippen LogP contribution >= 0.6 is 0 Å². The second-order valence-corrected chi connectivity index (χ2v) is 8.45. The summed E-state index contributed by atoms with van der Waals surface area (Å²) >= 11 is 0. The van der Waals surface area contributed by atoms with E-state index in [9.17, 15) is 14.7 Å². The molecular formula is C29H28O9. The van der Waals surface area contributed by atoms with E-state index in [1.807, 2.05) is 6.92 Å². The lowest BCUT2D eigenvalue weighted by molar-refractivity contribution is -0.130. The maximum absolute atomic E-state index is 14.0. The van der Waals surface area contributed by atoms with Crippen molar-refractivity contribution in [2.24, 2.45) is 0 Å². The number of aryl methyl sites for hydroxylation is 1. The molecule has 0 amide bonds. The lowest BCUT2D eigenvalue weighted by Crippen LogP contribution is -2.14. The summed E-state index contributed by atoms with van der Waals surface area (Å²) < 4.78 is 32.5. The first kappa shape index (κ1) is 26.4. The number of benzene rings is 3. The van der Waals surface area contributed by atoms with Gasteiger partial charge in [0.25, 0.3) is 0 Å². The van der Waals surface area contributed by atoms with E-state index < -0.39 is 11.8 Å². The van der Waals surface area contributed by atoms with Crippen molar-refractivity contribution in [1.29, 1.82) is 0 Å². The van der Waals surface area contributed by atoms with Gasteiger partial charge in [0, 0.05) is 17.6 Å². The van der Waals surface area contributed by atoms with Crippen LogP contribution in [0.25, 0.3) is 5.57 Å². The molecule has 38 heavy (non-hydrogen) atoms. The molecule has 1 heterocycles. The molecule has 9 nitrogen and oxygen atoms in total. The van der Waals surface area contributed by atoms with Crippen molar-refractivity contribution < 1.29 is 43.1 Å². The highest BCUT2D eigenvalue weighted by Gasteiger charge is 2.27. The highest BCUT2D eigenvalue weighted by molar-refractivity contribution is 6.26. The van der Waals surface area contributed by atoms with Crippen molar-refractivity contribution in [3.63, 3.8) is 0 Å². The maximum Gasteiger partial charge on any atom is 0.336 e. The van der Waals surface area contributed by atoms with Crippen molar-refractivity contribution >= 4 is 17.3 Å². The third kappa shape index (κ3) is 5.08. The summed E-state index contributed by atoms with van der Waals surface area (Å²) in [7, 11) is 6.00. The van der Waals surface area contributed by atoms with E-state index >= 15 is 0 Å². The Morgan fingerprint density at radius 3 is 2.00 bits per heavy atom. The van der Waals surface area contributed by atoms with Gasteiger partial charge in [0.05, 0.1) is 34.0 Å². The number of Topliss-reactive ketones (excluding diaryl/α,β-unsaturated/α-hetero) is 1. The molecule has 3 aromatic rings. The van der Waals surface area contributed by atoms with Gasteiger partial charge in [-0.2, -0.15) is 0 Å². The Balaban J connectivity index is 1.92. The molecule has 3 aromatic carbocycles. The number of fused-ring (bicyclic) bond motifs is 1. The number of ketones is 1. The molecule has 198 valence electrons. The summed E-state index contributed by atoms with van der Waals surface area (Å²) in [5.74, 6) is 0.969. The molecule has 0 unspecified atom stereocenters. The average Bonchev–Trinajstić information content (AvgIpc) is 3.39. The number of hydrogen-bond acceptors (Lipinski definition) is 8. The molecule has 0 aliphatic carbocycles. The van der Waals surface area contributed by atoms with Gasteiger partial charge in [-0.05, 0) is 66.1 Å². The number of ether oxygens (including phenoxy) is 6. The maximum atomic E-state index is 14.0. The zero-order valence-corrected chi connectivity index (χ0v) is 21.7. The molecule has 0 fully saturated rings. The fraction of sp³-hybridized carbons (Fsp3) is 0.241. The molecule has 0 saturated heterocycles. The molecule has 0 radical (unpaired) electrons. The van der Waals surface area contributed by atoms with Crippen LogP contribution in [0.4, 0.5) is 0 Å². The smallest absolute Gasteiger partial charge is 0.336 e. The normalized spacial score (nSPS) is 12.4. The van der Waals surface area contributed by atoms with E-state index in [0.717, 1.165) is 5.56 Å². The third-order valence-electron chi connectivity index (χ3n) is 6.21. The SMILES string of the molecule is COc1ccc(C(=O)/C(Cc2cc(OC)c(OC)c(OC)c2)=C(\C(=O)O)c2ccc3c(c2)OCO3)cc1C. The van der Waals surface area contributed by atoms with Gasteiger partial charge in [-0.15, -0.1) is 0 Å². The first-order valence-corrected chi connectivity index (χ1v) is 11.7. The third-order valence-corrected chi connectivity index (χ3v) is 6.21. The number of carboxylic acid groups (broad SMARTS) is 1. The molecule has 0 atom stereocenters. The first-order valence-electron chi connectivity index (χ1n) is 11.7. The molecule has 9 heteroatoms. The van der Waals surface area contributed by atoms with E-state index in [-0.39, 0.29) is 24.4 Å². The van der Waals surface area contributed by atoms with Crippen LogP contribution < -0.4 is 28.4 Å². The Bertz CT molecular complexity index is 1400. The Labute approximate surface area is 220 Å². The quantitative estimate of drug-likeness (QED) is 0.300. The lowest BCUT2D eigenvalue weighted by atomic mass is 9.88. The minimum Gasteiger partial charge on any atom is -0.496 e. The second kappa shape index (κ2) is 11.2. The van der Waals surface area contributed by atoms with Gasteiger partial charge in [0.15, 0.2) is 28.8 Å². The fourth-order valence-corrected chi connectivity index (χ4v) is 4.40. The fourth-order valence-electron chi connectivity index (χ4n) is 4.40. The molecule has 1 aliphatic rings. The van der Waals surface area contributed by atoms with Gasteiger partial charge in [0.1, 0.15) is 5.75 Å². The minimum absolute atomic E-state index is 0.0311. The number of hydrogen-bond donors (Lipinski definition) is 1. The van der Waals surface area contributed by atoms with Gasteiger partial charge < -0.3 is 33.5 Å². The summed E-state index contributed by atoms with van der Waals surface area (Å²) in [4.78, 5) is 26.7. The van der Waals surface area contributed by atoms with Crippen LogP contribution in [-0.4, -0.2) is 52.1 Å². The summed E-state index contributed by atoms with van der Waals surface area (Å²) in [6.07, 6.45) is -0.0311. The van der Waals surface area contributed by atoms with Crippen LogP contribution in [0.1, 0.15) is 27.0 Å². The Morgan fingerprint density at radius 1 is 0.789 bits per heavy atom. The van der Waals surface area contributed by atoms with Gasteiger partial charge in [-0.1, -0.05) is 6.07 Å². The summed E-state index contributed by atoms with van der Waals surface area (Å²) in [5, 5.41) is 10.4. The topological polar surface area (TPSA) is 110 Å². The summed E-state index contributed by atoms with van der Waals surface area (Å²) in [6.45, 7) is 1.85. The Morgan fingerprint density at radius 2 is 1.42 bits per heavy atom. The molecule has 0 aromatic heterocycles. The van der Waals surface area contributed by atoms with Crippen molar-refractivity contribution in [2.45, 2.75) is 13.3 Å². The summed E-state index contributed by atoms with van der Waals surface area (Å²) in [6, 6.07) is 13.1. The predicted octanol–water partition coefficient (Wildman–Crippen LogP) is 4.72. The van der Waals surface area contributed by atoms with E-state index in [2.05, 4.69) is 0 Å². The largest absolute Gasteiger partial charge is 0.496 e. The number of methoxy groups -OCH3 is 4. The highest BCUT2D eigenvalue weighted by Crippen LogP contribution is 2.40. The number of carbonyl (C=O) groups is 2. The standard InChI is InChI=1S/C29H28O9/c1-16-10-19(7-8-21(16)33-2)27(30)20(11-17-12-24(34-3)28(36-5)25(13-17)35-4)26(29(31)32)18-6-9-22-23(14-18)38-15-37-22/h6-10,12-14H,11,15H2,1-5H3,(H,31,32)/b26-20-. The molecule has 0 saturated carbocycles. The number of carbonyl (C=O) groups excluding carboxylic acids is 1. The zero-order chi connectivity index (χ0) is 27.4. The number of allylic oxidation sites excluding steroid dienone is 1. The van der Waals surface area contributed by atoms with Crippen LogP contribution in [0.5, 0.6) is 34.5 Å². The second-order valence-electron chi connectivity index (χ2n) is 8.45. The lowest BCUT2D eigenvalue weighted by Gasteiger charge is -2.17.